The number of hydrogen-bond acceptors (Lipinski definition) is 3. The molecule has 2 rings (SSSR count). The quantitative estimate of drug-likeness (QED) is 0.714. The molecular weight excluding hydrogens is 224 g/mol. The molecule has 0 N–H and O–H groups in total. The van der Waals surface area contributed by atoms with Crippen molar-refractivity contribution in [3.63, 3.8) is 0 Å². The third kappa shape index (κ3) is 1.68. The maximum atomic E-state index is 11.0. The van der Waals surface area contributed by atoms with E-state index in [1.165, 1.54) is 11.3 Å². The Hall–Kier alpha value is -0.640. The molecule has 2 aromatic heterocycles. The van der Waals surface area contributed by atoms with Crippen LogP contribution < -0.4 is 0 Å². The van der Waals surface area contributed by atoms with Crippen molar-refractivity contribution in [3.8, 4) is 10.4 Å². The van der Waals surface area contributed by atoms with E-state index in [1.807, 2.05) is 29.0 Å². The van der Waals surface area contributed by atoms with Crippen LogP contribution in [-0.2, 0) is 0 Å². The normalized spacial score (nSPS) is 10.2. The number of rotatable bonds is 2. The Kier molecular flexibility index (Phi) is 2.49. The summed E-state index contributed by atoms with van der Waals surface area (Å²) >= 11 is 8.43. The number of halogens is 1. The highest BCUT2D eigenvalue weighted by Gasteiger charge is 2.12. The van der Waals surface area contributed by atoms with Gasteiger partial charge in [-0.2, -0.15) is 0 Å². The van der Waals surface area contributed by atoms with Gasteiger partial charge in [0, 0.05) is 10.4 Å². The summed E-state index contributed by atoms with van der Waals surface area (Å²) in [7, 11) is 0. The molecule has 0 aliphatic carbocycles. The second-order valence-electron chi connectivity index (χ2n) is 2.41. The van der Waals surface area contributed by atoms with Crippen LogP contribution in [-0.4, -0.2) is 5.24 Å². The minimum atomic E-state index is -0.376. The minimum Gasteiger partial charge on any atom is -0.275 e. The number of carbonyl (C=O) groups is 1. The van der Waals surface area contributed by atoms with Crippen molar-refractivity contribution in [1.29, 1.82) is 0 Å². The molecule has 0 bridgehead atoms. The molecule has 0 unspecified atom stereocenters. The second kappa shape index (κ2) is 3.62. The van der Waals surface area contributed by atoms with Crippen molar-refractivity contribution in [1.82, 2.24) is 0 Å². The van der Waals surface area contributed by atoms with Crippen LogP contribution in [0, 0.1) is 0 Å². The molecule has 0 atom stereocenters. The smallest absolute Gasteiger partial charge is 0.263 e. The lowest BCUT2D eigenvalue weighted by molar-refractivity contribution is 0.108. The standard InChI is InChI=1S/C9H5ClOS2/c10-9(11)8-6(3-5-13-8)7-2-1-4-12-7/h1-5H. The van der Waals surface area contributed by atoms with Crippen LogP contribution in [0.2, 0.25) is 0 Å². The third-order valence-corrected chi connectivity index (χ3v) is 3.75. The first-order valence-corrected chi connectivity index (χ1v) is 5.74. The van der Waals surface area contributed by atoms with E-state index in [1.54, 1.807) is 11.3 Å². The molecule has 2 aromatic rings. The van der Waals surface area contributed by atoms with Crippen molar-refractivity contribution in [3.05, 3.63) is 33.8 Å². The van der Waals surface area contributed by atoms with Crippen molar-refractivity contribution in [2.45, 2.75) is 0 Å². The highest BCUT2D eigenvalue weighted by Crippen LogP contribution is 2.32. The first-order chi connectivity index (χ1) is 6.29. The van der Waals surface area contributed by atoms with Gasteiger partial charge >= 0.3 is 0 Å². The van der Waals surface area contributed by atoms with E-state index in [9.17, 15) is 4.79 Å². The predicted molar refractivity (Wildman–Crippen MR) is 57.8 cm³/mol. The van der Waals surface area contributed by atoms with E-state index >= 15 is 0 Å². The largest absolute Gasteiger partial charge is 0.275 e. The molecule has 0 aliphatic rings. The van der Waals surface area contributed by atoms with Crippen molar-refractivity contribution in [2.24, 2.45) is 0 Å². The predicted octanol–water partition coefficient (Wildman–Crippen LogP) is 3.86. The highest BCUT2D eigenvalue weighted by atomic mass is 35.5. The topological polar surface area (TPSA) is 17.1 Å². The van der Waals surface area contributed by atoms with Crippen LogP contribution in [0.4, 0.5) is 0 Å². The number of thiophene rings is 2. The molecule has 0 aliphatic heterocycles. The maximum absolute atomic E-state index is 11.0. The molecule has 66 valence electrons. The van der Waals surface area contributed by atoms with Crippen molar-refractivity contribution < 1.29 is 4.79 Å². The lowest BCUT2D eigenvalue weighted by Gasteiger charge is -1.93. The molecular formula is C9H5ClOS2. The summed E-state index contributed by atoms with van der Waals surface area (Å²) in [5, 5.41) is 3.48. The van der Waals surface area contributed by atoms with Gasteiger partial charge in [-0.15, -0.1) is 22.7 Å². The molecule has 0 radical (unpaired) electrons. The fourth-order valence-corrected chi connectivity index (χ4v) is 2.88. The Labute approximate surface area is 88.6 Å². The van der Waals surface area contributed by atoms with E-state index in [0.717, 1.165) is 10.4 Å². The summed E-state index contributed by atoms with van der Waals surface area (Å²) in [6, 6.07) is 5.86. The first kappa shape index (κ1) is 8.94. The minimum absolute atomic E-state index is 0.376. The van der Waals surface area contributed by atoms with E-state index in [2.05, 4.69) is 0 Å². The molecule has 1 nitrogen and oxygen atoms in total. The van der Waals surface area contributed by atoms with Crippen LogP contribution in [0.25, 0.3) is 10.4 Å². The van der Waals surface area contributed by atoms with Crippen LogP contribution >= 0.6 is 34.3 Å². The lowest BCUT2D eigenvalue weighted by atomic mass is 10.2. The molecule has 0 fully saturated rings. The Morgan fingerprint density at radius 2 is 2.08 bits per heavy atom. The Morgan fingerprint density at radius 3 is 2.69 bits per heavy atom. The molecule has 0 spiro atoms. The van der Waals surface area contributed by atoms with Gasteiger partial charge in [0.15, 0.2) is 0 Å². The van der Waals surface area contributed by atoms with Gasteiger partial charge in [-0.25, -0.2) is 0 Å². The number of hydrogen-bond donors (Lipinski definition) is 0. The summed E-state index contributed by atoms with van der Waals surface area (Å²) in [5.74, 6) is 0. The summed E-state index contributed by atoms with van der Waals surface area (Å²) in [6.07, 6.45) is 0. The SMILES string of the molecule is O=C(Cl)c1sccc1-c1cccs1. The Balaban J connectivity index is 2.52. The monoisotopic (exact) mass is 228 g/mol. The zero-order chi connectivity index (χ0) is 9.26. The van der Waals surface area contributed by atoms with Crippen molar-refractivity contribution >= 4 is 39.5 Å². The maximum Gasteiger partial charge on any atom is 0.263 e. The van der Waals surface area contributed by atoms with Gasteiger partial charge in [0.25, 0.3) is 5.24 Å². The summed E-state index contributed by atoms with van der Waals surface area (Å²) in [4.78, 5) is 12.7. The van der Waals surface area contributed by atoms with Crippen LogP contribution in [0.5, 0.6) is 0 Å². The lowest BCUT2D eigenvalue weighted by Crippen LogP contribution is -1.84. The van der Waals surface area contributed by atoms with Gasteiger partial charge in [-0.3, -0.25) is 4.79 Å². The average Bonchev–Trinajstić information content (AvgIpc) is 2.74. The molecule has 0 saturated heterocycles. The van der Waals surface area contributed by atoms with Gasteiger partial charge in [0.05, 0.1) is 4.88 Å². The van der Waals surface area contributed by atoms with Crippen LogP contribution in [0.15, 0.2) is 29.0 Å². The molecule has 13 heavy (non-hydrogen) atoms. The average molecular weight is 229 g/mol. The van der Waals surface area contributed by atoms with Gasteiger partial charge in [-0.05, 0) is 34.5 Å². The van der Waals surface area contributed by atoms with Crippen LogP contribution in [0.3, 0.4) is 0 Å². The summed E-state index contributed by atoms with van der Waals surface area (Å²) < 4.78 is 0. The molecule has 4 heteroatoms. The Morgan fingerprint density at radius 1 is 1.23 bits per heavy atom. The molecule has 0 saturated carbocycles. The van der Waals surface area contributed by atoms with Gasteiger partial charge < -0.3 is 0 Å². The highest BCUT2D eigenvalue weighted by molar-refractivity contribution is 7.16. The molecule has 2 heterocycles. The van der Waals surface area contributed by atoms with E-state index in [-0.39, 0.29) is 5.24 Å². The van der Waals surface area contributed by atoms with Gasteiger partial charge in [-0.1, -0.05) is 6.07 Å². The van der Waals surface area contributed by atoms with Gasteiger partial charge in [0.2, 0.25) is 0 Å². The zero-order valence-corrected chi connectivity index (χ0v) is 8.88. The van der Waals surface area contributed by atoms with Crippen molar-refractivity contribution in [2.75, 3.05) is 0 Å². The fraction of sp³-hybridized carbons (Fsp3) is 0. The van der Waals surface area contributed by atoms with E-state index in [0.29, 0.717) is 4.88 Å². The zero-order valence-electron chi connectivity index (χ0n) is 6.49. The molecule has 0 amide bonds. The van der Waals surface area contributed by atoms with Gasteiger partial charge in [0.1, 0.15) is 0 Å². The molecule has 0 aromatic carbocycles. The van der Waals surface area contributed by atoms with E-state index in [4.69, 9.17) is 11.6 Å². The fourth-order valence-electron chi connectivity index (χ4n) is 1.09. The summed E-state index contributed by atoms with van der Waals surface area (Å²) in [5.41, 5.74) is 0.944. The first-order valence-electron chi connectivity index (χ1n) is 3.60. The van der Waals surface area contributed by atoms with Crippen LogP contribution in [0.1, 0.15) is 9.67 Å². The third-order valence-electron chi connectivity index (χ3n) is 1.63. The summed E-state index contributed by atoms with van der Waals surface area (Å²) in [6.45, 7) is 0. The number of carbonyl (C=O) groups excluding carboxylic acids is 1. The van der Waals surface area contributed by atoms with E-state index < -0.39 is 0 Å². The second-order valence-corrected chi connectivity index (χ2v) is 4.62. The Bertz CT molecular complexity index is 417.